The molecule has 1 aromatic heterocycles. The zero-order valence-corrected chi connectivity index (χ0v) is 49.0. The molecule has 8 amide bonds. The van der Waals surface area contributed by atoms with Crippen molar-refractivity contribution in [3.8, 4) is 5.75 Å². The van der Waals surface area contributed by atoms with Gasteiger partial charge in [0.1, 0.15) is 54.6 Å². The number of ether oxygens (including phenoxy) is 2. The van der Waals surface area contributed by atoms with Gasteiger partial charge < -0.3 is 62.6 Å². The van der Waals surface area contributed by atoms with E-state index in [0.717, 1.165) is 11.1 Å². The molecule has 7 atom stereocenters. The molecule has 0 unspecified atom stereocenters. The molecule has 10 N–H and O–H groups in total. The number of benzene rings is 3. The number of rotatable bonds is 35. The van der Waals surface area contributed by atoms with Gasteiger partial charge in [0.2, 0.25) is 41.4 Å². The van der Waals surface area contributed by atoms with Gasteiger partial charge in [-0.25, -0.2) is 0 Å². The Bertz CT molecular complexity index is 2680. The lowest BCUT2D eigenvalue weighted by Crippen LogP contribution is -2.60. The Morgan fingerprint density at radius 2 is 1.31 bits per heavy atom. The summed E-state index contributed by atoms with van der Waals surface area (Å²) in [6.45, 7) is 10.8. The first-order chi connectivity index (χ1) is 39.8. The summed E-state index contributed by atoms with van der Waals surface area (Å²) in [5.74, 6) is -4.21. The number of primary amides is 1. The zero-order valence-electron chi connectivity index (χ0n) is 49.0. The number of pyridine rings is 1. The maximum Gasteiger partial charge on any atom is 0.252 e. The van der Waals surface area contributed by atoms with E-state index in [-0.39, 0.29) is 69.9 Å². The molecule has 21 nitrogen and oxygen atoms in total. The topological polar surface area (TPSA) is 299 Å². The van der Waals surface area contributed by atoms with E-state index in [4.69, 9.17) is 20.9 Å². The normalized spacial score (nSPS) is 15.2. The van der Waals surface area contributed by atoms with E-state index in [1.807, 2.05) is 88.4 Å². The number of likely N-dealkylation sites (tertiary alicyclic amines) is 1. The van der Waals surface area contributed by atoms with Crippen LogP contribution in [-0.2, 0) is 57.9 Å². The molecule has 450 valence electrons. The molecule has 0 radical (unpaired) electrons. The summed E-state index contributed by atoms with van der Waals surface area (Å²) in [6.07, 6.45) is 6.24. The van der Waals surface area contributed by atoms with Crippen molar-refractivity contribution in [3.05, 3.63) is 132 Å². The summed E-state index contributed by atoms with van der Waals surface area (Å²) in [6, 6.07) is 22.0. The molecular formula is C62H87N11O10. The van der Waals surface area contributed by atoms with E-state index < -0.39 is 83.6 Å². The first-order valence-corrected chi connectivity index (χ1v) is 28.9. The van der Waals surface area contributed by atoms with Gasteiger partial charge in [-0.1, -0.05) is 100 Å². The number of nitrogens with two attached hydrogens (primary N) is 2. The lowest BCUT2D eigenvalue weighted by Gasteiger charge is -2.32. The highest BCUT2D eigenvalue weighted by Gasteiger charge is 2.40. The number of hydrogen-bond acceptors (Lipinski definition) is 13. The minimum Gasteiger partial charge on any atom is -0.489 e. The number of likely N-dealkylation sites (N-methyl/N-ethyl adjacent to an activating group) is 1. The van der Waals surface area contributed by atoms with Crippen molar-refractivity contribution in [2.75, 3.05) is 33.3 Å². The molecule has 83 heavy (non-hydrogen) atoms. The van der Waals surface area contributed by atoms with Crippen LogP contribution in [0.25, 0.3) is 0 Å². The number of aromatic nitrogens is 1. The van der Waals surface area contributed by atoms with Crippen molar-refractivity contribution in [1.29, 1.82) is 0 Å². The minimum absolute atomic E-state index is 0.00434. The fraction of sp³-hybridized carbons (Fsp3) is 0.500. The van der Waals surface area contributed by atoms with Gasteiger partial charge in [-0.05, 0) is 118 Å². The average molecular weight is 1150 g/mol. The van der Waals surface area contributed by atoms with Crippen LogP contribution in [0.3, 0.4) is 0 Å². The van der Waals surface area contributed by atoms with E-state index >= 15 is 0 Å². The molecule has 0 spiro atoms. The first kappa shape index (κ1) is 66.1. The van der Waals surface area contributed by atoms with Crippen LogP contribution >= 0.6 is 0 Å². The lowest BCUT2D eigenvalue weighted by atomic mass is 9.99. The van der Waals surface area contributed by atoms with Crippen LogP contribution in [0.1, 0.15) is 119 Å². The molecule has 1 aliphatic heterocycles. The summed E-state index contributed by atoms with van der Waals surface area (Å²) in [5, 5.41) is 17.6. The van der Waals surface area contributed by atoms with Crippen LogP contribution in [0.15, 0.2) is 109 Å². The van der Waals surface area contributed by atoms with Crippen molar-refractivity contribution in [1.82, 2.24) is 46.7 Å². The Balaban J connectivity index is 1.40. The Hall–Kier alpha value is -7.75. The fourth-order valence-corrected chi connectivity index (χ4v) is 9.52. The van der Waals surface area contributed by atoms with Gasteiger partial charge in [0.25, 0.3) is 5.91 Å². The standard InChI is InChI=1S/C62H87N11O10/c1-41(2)35-52(58(77)70-51(25-14-15-32-66-42(3)4)62(81)73-34-18-26-53(73)59(78)68-43(5)55(64)74)71-57(76)50(24-13-16-33-67-56(75)47-23-17-31-65-37-47)69-60(79)54(72(6)61(80)49(63)40-82-38-45-19-9-7-10-20-45)36-44-27-29-48(30-28-44)83-39-46-21-11-8-12-22-46/h7-12,17,19-23,27-31,37,41-43,49-54,66H,13-16,18,24-26,32-36,38-40,63H2,1-6H3,(H2,64,74)(H,67,75)(H,68,78)(H,69,79)(H,70,77)(H,71,76)/t43-,49+,50-,51+,52+,53+,54+/m1/s1. The van der Waals surface area contributed by atoms with Gasteiger partial charge in [0.05, 0.1) is 18.8 Å². The molecule has 1 saturated heterocycles. The summed E-state index contributed by atoms with van der Waals surface area (Å²) in [4.78, 5) is 118. The van der Waals surface area contributed by atoms with Crippen LogP contribution in [0.2, 0.25) is 0 Å². The van der Waals surface area contributed by atoms with Gasteiger partial charge >= 0.3 is 0 Å². The summed E-state index contributed by atoms with van der Waals surface area (Å²) in [7, 11) is 1.47. The van der Waals surface area contributed by atoms with Crippen molar-refractivity contribution < 1.29 is 47.8 Å². The van der Waals surface area contributed by atoms with E-state index in [1.165, 1.54) is 30.0 Å². The number of carbonyl (C=O) groups is 8. The third-order valence-corrected chi connectivity index (χ3v) is 14.3. The summed E-state index contributed by atoms with van der Waals surface area (Å²) < 4.78 is 11.9. The second kappa shape index (κ2) is 34.6. The van der Waals surface area contributed by atoms with Crippen molar-refractivity contribution in [2.45, 2.75) is 160 Å². The van der Waals surface area contributed by atoms with Crippen LogP contribution in [0.5, 0.6) is 5.75 Å². The molecule has 1 aliphatic rings. The highest BCUT2D eigenvalue weighted by molar-refractivity contribution is 5.97. The van der Waals surface area contributed by atoms with E-state index in [9.17, 15) is 38.4 Å². The highest BCUT2D eigenvalue weighted by Crippen LogP contribution is 2.22. The Morgan fingerprint density at radius 3 is 1.94 bits per heavy atom. The molecule has 0 saturated carbocycles. The number of carbonyl (C=O) groups excluding carboxylic acids is 8. The maximum atomic E-state index is 15.0. The summed E-state index contributed by atoms with van der Waals surface area (Å²) >= 11 is 0. The molecule has 2 heterocycles. The Morgan fingerprint density at radius 1 is 0.699 bits per heavy atom. The predicted octanol–water partition coefficient (Wildman–Crippen LogP) is 3.82. The Kier molecular flexibility index (Phi) is 27.6. The summed E-state index contributed by atoms with van der Waals surface area (Å²) in [5.41, 5.74) is 14.8. The van der Waals surface area contributed by atoms with Gasteiger partial charge in [-0.2, -0.15) is 0 Å². The third-order valence-electron chi connectivity index (χ3n) is 14.3. The minimum atomic E-state index is -1.26. The van der Waals surface area contributed by atoms with Crippen LogP contribution < -0.4 is 48.1 Å². The van der Waals surface area contributed by atoms with E-state index in [1.54, 1.807) is 42.6 Å². The number of nitrogens with zero attached hydrogens (tertiary/aromatic N) is 3. The third kappa shape index (κ3) is 22.5. The molecule has 0 bridgehead atoms. The molecule has 21 heteroatoms. The first-order valence-electron chi connectivity index (χ1n) is 28.9. The molecular weight excluding hydrogens is 1060 g/mol. The lowest BCUT2D eigenvalue weighted by molar-refractivity contribution is -0.143. The monoisotopic (exact) mass is 1150 g/mol. The largest absolute Gasteiger partial charge is 0.489 e. The number of unbranched alkanes of at least 4 members (excludes halogenated alkanes) is 2. The molecule has 3 aromatic carbocycles. The van der Waals surface area contributed by atoms with Crippen molar-refractivity contribution in [3.63, 3.8) is 0 Å². The van der Waals surface area contributed by atoms with Gasteiger partial charge in [-0.3, -0.25) is 43.3 Å². The van der Waals surface area contributed by atoms with Gasteiger partial charge in [-0.15, -0.1) is 0 Å². The van der Waals surface area contributed by atoms with Crippen LogP contribution in [0.4, 0.5) is 0 Å². The molecule has 5 rings (SSSR count). The quantitative estimate of drug-likeness (QED) is 0.0305. The van der Waals surface area contributed by atoms with E-state index in [0.29, 0.717) is 68.6 Å². The molecule has 4 aromatic rings. The van der Waals surface area contributed by atoms with Crippen molar-refractivity contribution >= 4 is 47.3 Å². The second-order valence-corrected chi connectivity index (χ2v) is 21.9. The van der Waals surface area contributed by atoms with E-state index in [2.05, 4.69) is 36.9 Å². The van der Waals surface area contributed by atoms with Crippen LogP contribution in [-0.4, -0.2) is 144 Å². The van der Waals surface area contributed by atoms with Crippen molar-refractivity contribution in [2.24, 2.45) is 17.4 Å². The van der Waals surface area contributed by atoms with Gasteiger partial charge in [0, 0.05) is 45.0 Å². The maximum absolute atomic E-state index is 15.0. The molecule has 0 aliphatic carbocycles. The number of hydrogen-bond donors (Lipinski definition) is 8. The highest BCUT2D eigenvalue weighted by atomic mass is 16.5. The molecule has 1 fully saturated rings. The fourth-order valence-electron chi connectivity index (χ4n) is 9.52. The smallest absolute Gasteiger partial charge is 0.252 e. The predicted molar refractivity (Wildman–Crippen MR) is 316 cm³/mol. The number of nitrogens with one attached hydrogen (secondary N) is 6. The average Bonchev–Trinajstić information content (AvgIpc) is 4.26. The number of amides is 8. The Labute approximate surface area is 488 Å². The van der Waals surface area contributed by atoms with Gasteiger partial charge in [0.15, 0.2) is 0 Å². The second-order valence-electron chi connectivity index (χ2n) is 21.9. The SMILES string of the molecule is CC(C)C[C@H](NC(=O)[C@@H](CCCCNC(=O)c1cccnc1)NC(=O)[C@H](Cc1ccc(OCc2ccccc2)cc1)N(C)C(=O)[C@@H](N)COCc1ccccc1)C(=O)N[C@@H](CCCCNC(C)C)C(=O)N1CCC[C@H]1C(=O)N[C@H](C)C(N)=O. The zero-order chi connectivity index (χ0) is 60.3. The van der Waals surface area contributed by atoms with Crippen LogP contribution in [0, 0.1) is 5.92 Å².